The van der Waals surface area contributed by atoms with Gasteiger partial charge in [0.25, 0.3) is 0 Å². The van der Waals surface area contributed by atoms with E-state index >= 15 is 0 Å². The number of hydrogen-bond acceptors (Lipinski definition) is 5. The Morgan fingerprint density at radius 2 is 1.75 bits per heavy atom. The third-order valence-electron chi connectivity index (χ3n) is 4.99. The molecule has 0 radical (unpaired) electrons. The van der Waals surface area contributed by atoms with Gasteiger partial charge >= 0.3 is 0 Å². The lowest BCUT2D eigenvalue weighted by molar-refractivity contribution is -0.141. The molecule has 0 aromatic heterocycles. The first kappa shape index (κ1) is 20.2. The molecule has 28 heavy (non-hydrogen) atoms. The lowest BCUT2D eigenvalue weighted by atomic mass is 10.0. The van der Waals surface area contributed by atoms with Crippen LogP contribution in [0.2, 0.25) is 0 Å². The lowest BCUT2D eigenvalue weighted by Gasteiger charge is -2.34. The van der Waals surface area contributed by atoms with E-state index in [1.165, 1.54) is 0 Å². The minimum Gasteiger partial charge on any atom is -0.493 e. The van der Waals surface area contributed by atoms with E-state index in [9.17, 15) is 4.79 Å². The molecule has 1 fully saturated rings. The fraction of sp³-hybridized carbons (Fsp3) is 0.409. The first-order chi connectivity index (χ1) is 13.6. The third kappa shape index (κ3) is 4.64. The average molecular weight is 384 g/mol. The Bertz CT molecular complexity index is 775. The molecule has 1 aliphatic heterocycles. The highest BCUT2D eigenvalue weighted by Gasteiger charge is 2.30. The Morgan fingerprint density at radius 1 is 1.07 bits per heavy atom. The van der Waals surface area contributed by atoms with Gasteiger partial charge in [-0.05, 0) is 30.3 Å². The summed E-state index contributed by atoms with van der Waals surface area (Å²) in [6, 6.07) is 15.4. The van der Waals surface area contributed by atoms with E-state index in [-0.39, 0.29) is 11.9 Å². The van der Waals surface area contributed by atoms with Crippen LogP contribution in [0.3, 0.4) is 0 Å². The molecule has 2 aromatic carbocycles. The molecule has 1 unspecified atom stereocenters. The number of amides is 1. The molecule has 0 saturated carbocycles. The van der Waals surface area contributed by atoms with Crippen LogP contribution in [0.25, 0.3) is 0 Å². The van der Waals surface area contributed by atoms with Crippen LogP contribution in [0.15, 0.2) is 48.5 Å². The number of carbonyl (C=O) groups excluding carboxylic acids is 1. The summed E-state index contributed by atoms with van der Waals surface area (Å²) < 4.78 is 16.1. The molecular weight excluding hydrogens is 356 g/mol. The largest absolute Gasteiger partial charge is 0.493 e. The number of benzene rings is 2. The predicted octanol–water partition coefficient (Wildman–Crippen LogP) is 2.74. The molecule has 1 saturated heterocycles. The lowest BCUT2D eigenvalue weighted by Crippen LogP contribution is -2.46. The quantitative estimate of drug-likeness (QED) is 0.735. The number of methoxy groups -OCH3 is 2. The first-order valence-electron chi connectivity index (χ1n) is 9.46. The zero-order chi connectivity index (χ0) is 19.9. The maximum Gasteiger partial charge on any atom is 0.244 e. The maximum atomic E-state index is 13.3. The number of rotatable bonds is 7. The Balaban J connectivity index is 1.84. The molecule has 2 aromatic rings. The maximum absolute atomic E-state index is 13.3. The molecule has 3 rings (SSSR count). The van der Waals surface area contributed by atoms with E-state index < -0.39 is 0 Å². The minimum absolute atomic E-state index is 0.109. The number of likely N-dealkylation sites (N-methyl/N-ethyl adjacent to an activating group) is 1. The molecule has 1 heterocycles. The molecule has 6 nitrogen and oxygen atoms in total. The molecule has 1 aliphatic rings. The van der Waals surface area contributed by atoms with Gasteiger partial charge < -0.3 is 19.1 Å². The van der Waals surface area contributed by atoms with Gasteiger partial charge in [0.15, 0.2) is 11.5 Å². The van der Waals surface area contributed by atoms with E-state index in [0.29, 0.717) is 44.3 Å². The summed E-state index contributed by atoms with van der Waals surface area (Å²) in [5.41, 5.74) is 2.04. The van der Waals surface area contributed by atoms with Crippen molar-refractivity contribution in [3.8, 4) is 11.5 Å². The van der Waals surface area contributed by atoms with Crippen molar-refractivity contribution in [2.45, 2.75) is 12.6 Å². The van der Waals surface area contributed by atoms with Gasteiger partial charge in [-0.15, -0.1) is 0 Å². The van der Waals surface area contributed by atoms with Crippen molar-refractivity contribution in [2.75, 3.05) is 47.6 Å². The Kier molecular flexibility index (Phi) is 6.90. The van der Waals surface area contributed by atoms with Gasteiger partial charge in [0.05, 0.1) is 27.4 Å². The average Bonchev–Trinajstić information content (AvgIpc) is 2.75. The zero-order valence-electron chi connectivity index (χ0n) is 16.8. The molecule has 1 atom stereocenters. The summed E-state index contributed by atoms with van der Waals surface area (Å²) in [6.45, 7) is 3.05. The van der Waals surface area contributed by atoms with Crippen LogP contribution in [-0.4, -0.2) is 63.3 Å². The summed E-state index contributed by atoms with van der Waals surface area (Å²) in [5.74, 6) is 1.49. The second-order valence-corrected chi connectivity index (χ2v) is 6.86. The van der Waals surface area contributed by atoms with Gasteiger partial charge in [0.2, 0.25) is 5.91 Å². The van der Waals surface area contributed by atoms with Crippen molar-refractivity contribution in [3.05, 3.63) is 59.7 Å². The Labute approximate surface area is 166 Å². The number of nitrogens with zero attached hydrogens (tertiary/aromatic N) is 2. The van der Waals surface area contributed by atoms with Crippen LogP contribution < -0.4 is 9.47 Å². The smallest absolute Gasteiger partial charge is 0.244 e. The van der Waals surface area contributed by atoms with Gasteiger partial charge in [-0.3, -0.25) is 9.69 Å². The van der Waals surface area contributed by atoms with Crippen molar-refractivity contribution in [2.24, 2.45) is 0 Å². The van der Waals surface area contributed by atoms with E-state index in [1.54, 1.807) is 14.2 Å². The summed E-state index contributed by atoms with van der Waals surface area (Å²) in [4.78, 5) is 17.3. The number of carbonyl (C=O) groups is 1. The van der Waals surface area contributed by atoms with Crippen molar-refractivity contribution in [1.82, 2.24) is 9.80 Å². The predicted molar refractivity (Wildman–Crippen MR) is 108 cm³/mol. The van der Waals surface area contributed by atoms with Crippen molar-refractivity contribution < 1.29 is 19.0 Å². The van der Waals surface area contributed by atoms with Crippen LogP contribution in [0.5, 0.6) is 11.5 Å². The van der Waals surface area contributed by atoms with Crippen molar-refractivity contribution >= 4 is 5.91 Å². The SMILES string of the molecule is COc1ccc(CN(C)C(C(=O)N2CCOCC2)c2ccccc2)cc1OC. The zero-order valence-corrected chi connectivity index (χ0v) is 16.8. The topological polar surface area (TPSA) is 51.2 Å². The Hall–Kier alpha value is -2.57. The first-order valence-corrected chi connectivity index (χ1v) is 9.46. The molecule has 0 bridgehead atoms. The third-order valence-corrected chi connectivity index (χ3v) is 4.99. The van der Waals surface area contributed by atoms with Gasteiger partial charge in [0.1, 0.15) is 6.04 Å². The molecule has 1 amide bonds. The van der Waals surface area contributed by atoms with Crippen LogP contribution >= 0.6 is 0 Å². The number of morpholine rings is 1. The van der Waals surface area contributed by atoms with E-state index in [1.807, 2.05) is 60.5 Å². The summed E-state index contributed by atoms with van der Waals surface area (Å²) in [5, 5.41) is 0. The number of hydrogen-bond donors (Lipinski definition) is 0. The second-order valence-electron chi connectivity index (χ2n) is 6.86. The van der Waals surface area contributed by atoms with Crippen LogP contribution in [-0.2, 0) is 16.1 Å². The van der Waals surface area contributed by atoms with Crippen LogP contribution in [0, 0.1) is 0 Å². The fourth-order valence-electron chi connectivity index (χ4n) is 3.54. The van der Waals surface area contributed by atoms with E-state index in [0.717, 1.165) is 11.1 Å². The highest BCUT2D eigenvalue weighted by atomic mass is 16.5. The monoisotopic (exact) mass is 384 g/mol. The highest BCUT2D eigenvalue weighted by molar-refractivity contribution is 5.83. The summed E-state index contributed by atoms with van der Waals surface area (Å²) in [7, 11) is 5.23. The Morgan fingerprint density at radius 3 is 2.39 bits per heavy atom. The standard InChI is InChI=1S/C22H28N2O4/c1-23(16-17-9-10-19(26-2)20(15-17)27-3)21(18-7-5-4-6-8-18)22(25)24-11-13-28-14-12-24/h4-10,15,21H,11-14,16H2,1-3H3. The molecule has 0 aliphatic carbocycles. The van der Waals surface area contributed by atoms with E-state index in [4.69, 9.17) is 14.2 Å². The molecular formula is C22H28N2O4. The molecule has 150 valence electrons. The summed E-state index contributed by atoms with van der Waals surface area (Å²) >= 11 is 0. The van der Waals surface area contributed by atoms with Gasteiger partial charge in [-0.1, -0.05) is 36.4 Å². The fourth-order valence-corrected chi connectivity index (χ4v) is 3.54. The van der Waals surface area contributed by atoms with E-state index in [2.05, 4.69) is 4.90 Å². The van der Waals surface area contributed by atoms with Crippen molar-refractivity contribution in [1.29, 1.82) is 0 Å². The van der Waals surface area contributed by atoms with Gasteiger partial charge in [-0.25, -0.2) is 0 Å². The molecule has 0 N–H and O–H groups in total. The normalized spacial score (nSPS) is 15.4. The van der Waals surface area contributed by atoms with Crippen LogP contribution in [0.1, 0.15) is 17.2 Å². The van der Waals surface area contributed by atoms with Crippen LogP contribution in [0.4, 0.5) is 0 Å². The van der Waals surface area contributed by atoms with Gasteiger partial charge in [-0.2, -0.15) is 0 Å². The van der Waals surface area contributed by atoms with Gasteiger partial charge in [0, 0.05) is 19.6 Å². The molecule has 6 heteroatoms. The minimum atomic E-state index is -0.354. The summed E-state index contributed by atoms with van der Waals surface area (Å²) in [6.07, 6.45) is 0. The van der Waals surface area contributed by atoms with Crippen molar-refractivity contribution in [3.63, 3.8) is 0 Å². The second kappa shape index (κ2) is 9.57. The highest BCUT2D eigenvalue weighted by Crippen LogP contribution is 2.30. The number of ether oxygens (including phenoxy) is 3. The molecule has 0 spiro atoms.